The summed E-state index contributed by atoms with van der Waals surface area (Å²) in [6, 6.07) is 5.13. The van der Waals surface area contributed by atoms with E-state index in [0.717, 1.165) is 31.5 Å². The van der Waals surface area contributed by atoms with Gasteiger partial charge >= 0.3 is 6.09 Å². The van der Waals surface area contributed by atoms with Gasteiger partial charge in [-0.25, -0.2) is 4.79 Å². The van der Waals surface area contributed by atoms with Crippen LogP contribution in [0.1, 0.15) is 39.2 Å². The minimum atomic E-state index is -0.530. The lowest BCUT2D eigenvalue weighted by molar-refractivity contribution is 0.0636. The summed E-state index contributed by atoms with van der Waals surface area (Å²) in [6.45, 7) is 7.52. The van der Waals surface area contributed by atoms with E-state index < -0.39 is 11.7 Å². The highest BCUT2D eigenvalue weighted by molar-refractivity contribution is 5.85. The number of anilines is 1. The van der Waals surface area contributed by atoms with Crippen LogP contribution in [-0.2, 0) is 11.2 Å². The van der Waals surface area contributed by atoms with Crippen molar-refractivity contribution in [3.63, 3.8) is 0 Å². The van der Waals surface area contributed by atoms with E-state index in [1.165, 1.54) is 6.42 Å². The van der Waals surface area contributed by atoms with Crippen molar-refractivity contribution in [2.24, 2.45) is 5.92 Å². The fraction of sp³-hybridized carbons (Fsp3) is 0.588. The van der Waals surface area contributed by atoms with Crippen molar-refractivity contribution in [2.45, 2.75) is 45.6 Å². The number of phenols is 1. The summed E-state index contributed by atoms with van der Waals surface area (Å²) in [5.41, 5.74) is 0.977. The fourth-order valence-corrected chi connectivity index (χ4v) is 2.66. The van der Waals surface area contributed by atoms with Crippen LogP contribution in [0, 0.1) is 5.92 Å². The largest absolute Gasteiger partial charge is 0.508 e. The van der Waals surface area contributed by atoms with Crippen molar-refractivity contribution in [3.8, 4) is 5.75 Å². The maximum atomic E-state index is 11.8. The average molecular weight is 306 g/mol. The second-order valence-corrected chi connectivity index (χ2v) is 6.89. The van der Waals surface area contributed by atoms with Gasteiger partial charge in [-0.1, -0.05) is 0 Å². The molecule has 1 heterocycles. The van der Waals surface area contributed by atoms with E-state index in [1.54, 1.807) is 12.1 Å². The van der Waals surface area contributed by atoms with Crippen molar-refractivity contribution < 1.29 is 14.6 Å². The van der Waals surface area contributed by atoms with E-state index >= 15 is 0 Å². The lowest BCUT2D eigenvalue weighted by Crippen LogP contribution is -2.30. The van der Waals surface area contributed by atoms with Gasteiger partial charge in [-0.2, -0.15) is 0 Å². The third-order valence-electron chi connectivity index (χ3n) is 3.63. The Morgan fingerprint density at radius 1 is 1.45 bits per heavy atom. The highest BCUT2D eigenvalue weighted by Crippen LogP contribution is 2.26. The monoisotopic (exact) mass is 306 g/mol. The zero-order valence-electron chi connectivity index (χ0n) is 13.6. The van der Waals surface area contributed by atoms with E-state index in [0.29, 0.717) is 11.6 Å². The summed E-state index contributed by atoms with van der Waals surface area (Å²) in [5.74, 6) is 0.803. The highest BCUT2D eigenvalue weighted by Gasteiger charge is 2.18. The van der Waals surface area contributed by atoms with Crippen molar-refractivity contribution >= 4 is 11.8 Å². The number of carbonyl (C=O) groups excluding carboxylic acids is 1. The first-order chi connectivity index (χ1) is 10.3. The first-order valence-corrected chi connectivity index (χ1v) is 7.86. The lowest BCUT2D eigenvalue weighted by atomic mass is 9.92. The fourth-order valence-electron chi connectivity index (χ4n) is 2.66. The molecule has 1 aliphatic rings. The Bertz CT molecular complexity index is 517. The van der Waals surface area contributed by atoms with Gasteiger partial charge in [0.25, 0.3) is 0 Å². The predicted octanol–water partition coefficient (Wildman–Crippen LogP) is 3.28. The van der Waals surface area contributed by atoms with Crippen LogP contribution in [0.4, 0.5) is 10.5 Å². The Morgan fingerprint density at radius 2 is 2.23 bits per heavy atom. The molecule has 0 bridgehead atoms. The minimum Gasteiger partial charge on any atom is -0.508 e. The van der Waals surface area contributed by atoms with E-state index in [9.17, 15) is 9.90 Å². The molecule has 5 heteroatoms. The molecule has 22 heavy (non-hydrogen) atoms. The standard InChI is InChI=1S/C17H26N2O3/c1-17(2,3)22-16(21)19-14-6-7-15(20)13(10-14)9-12-5-4-8-18-11-12/h6-7,10,12,18,20H,4-5,8-9,11H2,1-3H3,(H,19,21). The molecule has 1 saturated heterocycles. The molecule has 3 N–H and O–H groups in total. The second-order valence-electron chi connectivity index (χ2n) is 6.89. The number of hydrogen-bond donors (Lipinski definition) is 3. The molecule has 1 aliphatic heterocycles. The minimum absolute atomic E-state index is 0.278. The molecule has 122 valence electrons. The molecular weight excluding hydrogens is 280 g/mol. The Kier molecular flexibility index (Phi) is 5.29. The first kappa shape index (κ1) is 16.6. The molecule has 1 aromatic carbocycles. The van der Waals surface area contributed by atoms with Gasteiger partial charge in [0, 0.05) is 5.69 Å². The lowest BCUT2D eigenvalue weighted by Gasteiger charge is -2.23. The smallest absolute Gasteiger partial charge is 0.412 e. The van der Waals surface area contributed by atoms with Crippen LogP contribution in [0.2, 0.25) is 0 Å². The van der Waals surface area contributed by atoms with E-state index in [4.69, 9.17) is 4.74 Å². The number of ether oxygens (including phenoxy) is 1. The van der Waals surface area contributed by atoms with Crippen molar-refractivity contribution in [1.82, 2.24) is 5.32 Å². The summed E-state index contributed by atoms with van der Waals surface area (Å²) in [5, 5.41) is 16.1. The molecule has 1 atom stereocenters. The number of rotatable bonds is 3. The highest BCUT2D eigenvalue weighted by atomic mass is 16.6. The second kappa shape index (κ2) is 7.01. The summed E-state index contributed by atoms with van der Waals surface area (Å²) in [7, 11) is 0. The van der Waals surface area contributed by atoms with Crippen LogP contribution in [0.15, 0.2) is 18.2 Å². The topological polar surface area (TPSA) is 70.6 Å². The number of benzene rings is 1. The molecule has 1 unspecified atom stereocenters. The molecule has 0 aromatic heterocycles. The number of carbonyl (C=O) groups is 1. The van der Waals surface area contributed by atoms with Gasteiger partial charge in [0.1, 0.15) is 11.4 Å². The summed E-state index contributed by atoms with van der Waals surface area (Å²) >= 11 is 0. The summed E-state index contributed by atoms with van der Waals surface area (Å²) < 4.78 is 5.24. The van der Waals surface area contributed by atoms with E-state index in [1.807, 2.05) is 26.8 Å². The number of aromatic hydroxyl groups is 1. The van der Waals surface area contributed by atoms with Gasteiger partial charge in [0.15, 0.2) is 0 Å². The molecule has 5 nitrogen and oxygen atoms in total. The Morgan fingerprint density at radius 3 is 2.86 bits per heavy atom. The number of phenolic OH excluding ortho intramolecular Hbond substituents is 1. The molecule has 1 fully saturated rings. The molecule has 1 aromatic rings. The Hall–Kier alpha value is -1.75. The zero-order valence-corrected chi connectivity index (χ0v) is 13.6. The molecule has 0 spiro atoms. The van der Waals surface area contributed by atoms with Crippen LogP contribution < -0.4 is 10.6 Å². The van der Waals surface area contributed by atoms with Crippen molar-refractivity contribution in [2.75, 3.05) is 18.4 Å². The molecule has 1 amide bonds. The Labute approximate surface area is 132 Å². The first-order valence-electron chi connectivity index (χ1n) is 7.86. The molecule has 0 radical (unpaired) electrons. The quantitative estimate of drug-likeness (QED) is 0.750. The zero-order chi connectivity index (χ0) is 16.2. The normalized spacial score (nSPS) is 18.8. The van der Waals surface area contributed by atoms with Crippen LogP contribution in [-0.4, -0.2) is 29.9 Å². The average Bonchev–Trinajstić information content (AvgIpc) is 2.41. The van der Waals surface area contributed by atoms with Crippen LogP contribution in [0.3, 0.4) is 0 Å². The van der Waals surface area contributed by atoms with Crippen molar-refractivity contribution in [3.05, 3.63) is 23.8 Å². The van der Waals surface area contributed by atoms with Gasteiger partial charge in [-0.05, 0) is 82.8 Å². The van der Waals surface area contributed by atoms with E-state index in [2.05, 4.69) is 10.6 Å². The van der Waals surface area contributed by atoms with Crippen molar-refractivity contribution in [1.29, 1.82) is 0 Å². The SMILES string of the molecule is CC(C)(C)OC(=O)Nc1ccc(O)c(CC2CCCNC2)c1. The summed E-state index contributed by atoms with van der Waals surface area (Å²) in [4.78, 5) is 11.8. The number of hydrogen-bond acceptors (Lipinski definition) is 4. The molecular formula is C17H26N2O3. The van der Waals surface area contributed by atoms with Gasteiger partial charge in [-0.15, -0.1) is 0 Å². The number of nitrogens with one attached hydrogen (secondary N) is 2. The number of amides is 1. The maximum absolute atomic E-state index is 11.8. The molecule has 0 aliphatic carbocycles. The van der Waals surface area contributed by atoms with Gasteiger partial charge < -0.3 is 15.2 Å². The van der Waals surface area contributed by atoms with Gasteiger partial charge in [-0.3, -0.25) is 5.32 Å². The van der Waals surface area contributed by atoms with Crippen LogP contribution in [0.5, 0.6) is 5.75 Å². The predicted molar refractivity (Wildman–Crippen MR) is 87.3 cm³/mol. The number of piperidine rings is 1. The van der Waals surface area contributed by atoms with Gasteiger partial charge in [0.05, 0.1) is 0 Å². The van der Waals surface area contributed by atoms with E-state index in [-0.39, 0.29) is 5.75 Å². The van der Waals surface area contributed by atoms with Gasteiger partial charge in [0.2, 0.25) is 0 Å². The van der Waals surface area contributed by atoms with Crippen LogP contribution in [0.25, 0.3) is 0 Å². The summed E-state index contributed by atoms with van der Waals surface area (Å²) in [6.07, 6.45) is 2.66. The maximum Gasteiger partial charge on any atom is 0.412 e. The Balaban J connectivity index is 2.01. The third-order valence-corrected chi connectivity index (χ3v) is 3.63. The third kappa shape index (κ3) is 5.22. The molecule has 2 rings (SSSR count). The molecule has 0 saturated carbocycles. The van der Waals surface area contributed by atoms with Crippen LogP contribution >= 0.6 is 0 Å².